The molecule has 5 nitrogen and oxygen atoms in total. The highest BCUT2D eigenvalue weighted by Crippen LogP contribution is 2.15. The van der Waals surface area contributed by atoms with Gasteiger partial charge in [0.15, 0.2) is 5.78 Å². The summed E-state index contributed by atoms with van der Waals surface area (Å²) in [6, 6.07) is 1.87. The van der Waals surface area contributed by atoms with Gasteiger partial charge in [0.1, 0.15) is 0 Å². The Hall–Kier alpha value is -1.17. The molecule has 0 spiro atoms. The van der Waals surface area contributed by atoms with Gasteiger partial charge in [0.05, 0.1) is 32.4 Å². The van der Waals surface area contributed by atoms with Crippen molar-refractivity contribution in [1.29, 1.82) is 0 Å². The maximum absolute atomic E-state index is 12.4. The monoisotopic (exact) mass is 266 g/mol. The van der Waals surface area contributed by atoms with E-state index in [2.05, 4.69) is 0 Å². The number of hydrogen-bond donors (Lipinski definition) is 1. The predicted octanol–water partition coefficient (Wildman–Crippen LogP) is 0.518. The SMILES string of the molecule is Cc1cc(C(=O)CN2CCOCC2CO)c(C)n1C. The number of aromatic nitrogens is 1. The van der Waals surface area contributed by atoms with Gasteiger partial charge in [-0.15, -0.1) is 0 Å². The topological polar surface area (TPSA) is 54.7 Å². The molecule has 1 saturated heterocycles. The fraction of sp³-hybridized carbons (Fsp3) is 0.643. The number of hydrogen-bond acceptors (Lipinski definition) is 4. The number of aryl methyl sites for hydroxylation is 1. The fourth-order valence-electron chi connectivity index (χ4n) is 2.47. The summed E-state index contributed by atoms with van der Waals surface area (Å²) >= 11 is 0. The summed E-state index contributed by atoms with van der Waals surface area (Å²) in [4.78, 5) is 14.4. The van der Waals surface area contributed by atoms with Crippen LogP contribution in [-0.4, -0.2) is 59.3 Å². The van der Waals surface area contributed by atoms with E-state index in [-0.39, 0.29) is 18.4 Å². The number of ether oxygens (including phenoxy) is 1. The molecular formula is C14H22N2O3. The molecule has 1 fully saturated rings. The normalized spacial score (nSPS) is 20.7. The Bertz CT molecular complexity index is 468. The first-order valence-corrected chi connectivity index (χ1v) is 6.63. The zero-order valence-corrected chi connectivity index (χ0v) is 11.8. The molecule has 0 saturated carbocycles. The summed E-state index contributed by atoms with van der Waals surface area (Å²) in [7, 11) is 1.96. The Labute approximate surface area is 113 Å². The molecule has 1 unspecified atom stereocenters. The van der Waals surface area contributed by atoms with Crippen LogP contribution in [0.3, 0.4) is 0 Å². The second kappa shape index (κ2) is 5.86. The van der Waals surface area contributed by atoms with Crippen molar-refractivity contribution in [3.8, 4) is 0 Å². The van der Waals surface area contributed by atoms with Crippen molar-refractivity contribution in [2.24, 2.45) is 7.05 Å². The lowest BCUT2D eigenvalue weighted by atomic mass is 10.1. The van der Waals surface area contributed by atoms with E-state index in [9.17, 15) is 9.90 Å². The lowest BCUT2D eigenvalue weighted by molar-refractivity contribution is -0.0240. The van der Waals surface area contributed by atoms with Crippen molar-refractivity contribution >= 4 is 5.78 Å². The molecule has 5 heteroatoms. The molecule has 1 atom stereocenters. The summed E-state index contributed by atoms with van der Waals surface area (Å²) in [5.41, 5.74) is 2.86. The number of aliphatic hydroxyl groups excluding tert-OH is 1. The zero-order chi connectivity index (χ0) is 14.0. The van der Waals surface area contributed by atoms with E-state index < -0.39 is 0 Å². The van der Waals surface area contributed by atoms with Crippen LogP contribution in [0.5, 0.6) is 0 Å². The van der Waals surface area contributed by atoms with Gasteiger partial charge in [-0.1, -0.05) is 0 Å². The van der Waals surface area contributed by atoms with Crippen molar-refractivity contribution in [3.63, 3.8) is 0 Å². The molecule has 2 heterocycles. The predicted molar refractivity (Wildman–Crippen MR) is 72.5 cm³/mol. The van der Waals surface area contributed by atoms with E-state index in [1.807, 2.05) is 36.4 Å². The first-order valence-electron chi connectivity index (χ1n) is 6.63. The van der Waals surface area contributed by atoms with Crippen LogP contribution in [0.2, 0.25) is 0 Å². The third-order valence-electron chi connectivity index (χ3n) is 3.98. The van der Waals surface area contributed by atoms with Crippen molar-refractivity contribution < 1.29 is 14.6 Å². The van der Waals surface area contributed by atoms with Gasteiger partial charge in [0, 0.05) is 30.5 Å². The molecule has 1 aliphatic heterocycles. The number of morpholine rings is 1. The van der Waals surface area contributed by atoms with Gasteiger partial charge < -0.3 is 14.4 Å². The first kappa shape index (κ1) is 14.2. The summed E-state index contributed by atoms with van der Waals surface area (Å²) < 4.78 is 7.34. The van der Waals surface area contributed by atoms with Crippen LogP contribution in [0.4, 0.5) is 0 Å². The molecule has 0 aromatic carbocycles. The highest BCUT2D eigenvalue weighted by Gasteiger charge is 2.25. The zero-order valence-electron chi connectivity index (χ0n) is 11.8. The van der Waals surface area contributed by atoms with Gasteiger partial charge in [-0.2, -0.15) is 0 Å². The van der Waals surface area contributed by atoms with Crippen LogP contribution < -0.4 is 0 Å². The van der Waals surface area contributed by atoms with Gasteiger partial charge in [-0.3, -0.25) is 9.69 Å². The number of ketones is 1. The van der Waals surface area contributed by atoms with Crippen LogP contribution >= 0.6 is 0 Å². The third-order valence-corrected chi connectivity index (χ3v) is 3.98. The maximum atomic E-state index is 12.4. The standard InChI is InChI=1S/C14H22N2O3/c1-10-6-13(11(2)15(10)3)14(18)7-16-4-5-19-9-12(16)8-17/h6,12,17H,4-5,7-9H2,1-3H3. The molecular weight excluding hydrogens is 244 g/mol. The quantitative estimate of drug-likeness (QED) is 0.807. The molecule has 1 N–H and O–H groups in total. The molecule has 1 aliphatic rings. The minimum atomic E-state index is -0.0668. The minimum absolute atomic E-state index is 0.0279. The van der Waals surface area contributed by atoms with Crippen LogP contribution in [0, 0.1) is 13.8 Å². The van der Waals surface area contributed by atoms with Crippen molar-refractivity contribution in [2.45, 2.75) is 19.9 Å². The number of rotatable bonds is 4. The van der Waals surface area contributed by atoms with E-state index in [0.29, 0.717) is 26.3 Å². The second-order valence-corrected chi connectivity index (χ2v) is 5.15. The van der Waals surface area contributed by atoms with E-state index in [1.54, 1.807) is 0 Å². The van der Waals surface area contributed by atoms with Crippen LogP contribution in [0.25, 0.3) is 0 Å². The van der Waals surface area contributed by atoms with Gasteiger partial charge in [0.2, 0.25) is 0 Å². The van der Waals surface area contributed by atoms with Crippen molar-refractivity contribution in [1.82, 2.24) is 9.47 Å². The molecule has 0 bridgehead atoms. The van der Waals surface area contributed by atoms with Gasteiger partial charge in [-0.05, 0) is 19.9 Å². The highest BCUT2D eigenvalue weighted by molar-refractivity contribution is 5.99. The Kier molecular flexibility index (Phi) is 4.39. The van der Waals surface area contributed by atoms with E-state index in [1.165, 1.54) is 0 Å². The smallest absolute Gasteiger partial charge is 0.178 e. The number of carbonyl (C=O) groups is 1. The Morgan fingerprint density at radius 3 is 2.84 bits per heavy atom. The molecule has 1 aromatic rings. The lowest BCUT2D eigenvalue weighted by Crippen LogP contribution is -2.49. The number of carbonyl (C=O) groups excluding carboxylic acids is 1. The maximum Gasteiger partial charge on any atom is 0.178 e. The van der Waals surface area contributed by atoms with Gasteiger partial charge in [0.25, 0.3) is 0 Å². The van der Waals surface area contributed by atoms with Crippen molar-refractivity contribution in [2.75, 3.05) is 32.9 Å². The third kappa shape index (κ3) is 2.88. The molecule has 0 radical (unpaired) electrons. The van der Waals surface area contributed by atoms with Gasteiger partial charge >= 0.3 is 0 Å². The molecule has 19 heavy (non-hydrogen) atoms. The molecule has 106 valence electrons. The van der Waals surface area contributed by atoms with Crippen molar-refractivity contribution in [3.05, 3.63) is 23.0 Å². The fourth-order valence-corrected chi connectivity index (χ4v) is 2.47. The van der Waals surface area contributed by atoms with Gasteiger partial charge in [-0.25, -0.2) is 0 Å². The number of nitrogens with zero attached hydrogens (tertiary/aromatic N) is 2. The van der Waals surface area contributed by atoms with Crippen LogP contribution in [0.15, 0.2) is 6.07 Å². The molecule has 0 aliphatic carbocycles. The summed E-state index contributed by atoms with van der Waals surface area (Å²) in [6.07, 6.45) is 0. The van der Waals surface area contributed by atoms with Crippen LogP contribution in [-0.2, 0) is 11.8 Å². The molecule has 1 aromatic heterocycles. The minimum Gasteiger partial charge on any atom is -0.395 e. The Morgan fingerprint density at radius 2 is 2.26 bits per heavy atom. The largest absolute Gasteiger partial charge is 0.395 e. The molecule has 2 rings (SSSR count). The van der Waals surface area contributed by atoms with E-state index >= 15 is 0 Å². The van der Waals surface area contributed by atoms with Crippen LogP contribution in [0.1, 0.15) is 21.7 Å². The second-order valence-electron chi connectivity index (χ2n) is 5.15. The van der Waals surface area contributed by atoms with E-state index in [4.69, 9.17) is 4.74 Å². The summed E-state index contributed by atoms with van der Waals surface area (Å²) in [5.74, 6) is 0.113. The summed E-state index contributed by atoms with van der Waals surface area (Å²) in [6.45, 7) is 6.14. The highest BCUT2D eigenvalue weighted by atomic mass is 16.5. The average molecular weight is 266 g/mol. The lowest BCUT2D eigenvalue weighted by Gasteiger charge is -2.33. The molecule has 0 amide bonds. The summed E-state index contributed by atoms with van der Waals surface area (Å²) in [5, 5.41) is 9.31. The Balaban J connectivity index is 2.09. The number of aliphatic hydroxyl groups is 1. The van der Waals surface area contributed by atoms with E-state index in [0.717, 1.165) is 17.0 Å². The Morgan fingerprint density at radius 1 is 1.53 bits per heavy atom. The number of Topliss-reactive ketones (excluding diaryl/α,β-unsaturated/α-hetero) is 1. The first-order chi connectivity index (χ1) is 9.04. The average Bonchev–Trinajstić information content (AvgIpc) is 2.67.